The normalized spacial score (nSPS) is 12.4. The van der Waals surface area contributed by atoms with Crippen LogP contribution in [0.5, 0.6) is 0 Å². The molecule has 1 aromatic carbocycles. The summed E-state index contributed by atoms with van der Waals surface area (Å²) in [6.07, 6.45) is -5.93. The molecule has 0 bridgehead atoms. The molecule has 0 radical (unpaired) electrons. The Balaban J connectivity index is 2.87. The van der Waals surface area contributed by atoms with Gasteiger partial charge < -0.3 is 5.32 Å². The first kappa shape index (κ1) is 13.7. The van der Waals surface area contributed by atoms with E-state index in [2.05, 4.69) is 0 Å². The maximum atomic E-state index is 12.5. The average Bonchev–Trinajstić information content (AvgIpc) is 2.15. The molecule has 94 valence electrons. The highest BCUT2D eigenvalue weighted by Crippen LogP contribution is 2.36. The predicted molar refractivity (Wildman–Crippen MR) is 51.1 cm³/mol. The van der Waals surface area contributed by atoms with Crippen molar-refractivity contribution in [2.45, 2.75) is 12.1 Å². The van der Waals surface area contributed by atoms with E-state index in [4.69, 9.17) is 11.6 Å². The molecule has 0 fully saturated rings. The van der Waals surface area contributed by atoms with Crippen molar-refractivity contribution in [2.75, 3.05) is 5.32 Å². The standard InChI is InChI=1S/C9H5ClF5NO/c10-5-2-1-3-6(4-5)16-7(17)8(11,12)9(13,14)15/h1-4H,(H,16,17). The first-order valence-corrected chi connectivity index (χ1v) is 4.54. The van der Waals surface area contributed by atoms with Crippen LogP contribution in [-0.2, 0) is 4.79 Å². The lowest BCUT2D eigenvalue weighted by Crippen LogP contribution is -2.47. The molecule has 0 saturated heterocycles. The molecule has 0 aliphatic heterocycles. The van der Waals surface area contributed by atoms with Crippen molar-refractivity contribution in [3.63, 3.8) is 0 Å². The third-order valence-corrected chi connectivity index (χ3v) is 1.96. The Hall–Kier alpha value is -1.37. The predicted octanol–water partition coefficient (Wildman–Crippen LogP) is 3.48. The molecule has 1 N–H and O–H groups in total. The zero-order valence-electron chi connectivity index (χ0n) is 7.99. The quantitative estimate of drug-likeness (QED) is 0.821. The first-order valence-electron chi connectivity index (χ1n) is 4.16. The monoisotopic (exact) mass is 273 g/mol. The number of halogens is 6. The molecular weight excluding hydrogens is 269 g/mol. The van der Waals surface area contributed by atoms with E-state index < -0.39 is 18.0 Å². The van der Waals surface area contributed by atoms with Crippen LogP contribution in [0.2, 0.25) is 5.02 Å². The summed E-state index contributed by atoms with van der Waals surface area (Å²) in [4.78, 5) is 10.8. The lowest BCUT2D eigenvalue weighted by molar-refractivity contribution is -0.267. The van der Waals surface area contributed by atoms with Crippen molar-refractivity contribution >= 4 is 23.2 Å². The van der Waals surface area contributed by atoms with Gasteiger partial charge in [0.05, 0.1) is 0 Å². The van der Waals surface area contributed by atoms with E-state index in [-0.39, 0.29) is 10.7 Å². The lowest BCUT2D eigenvalue weighted by Gasteiger charge is -2.18. The summed E-state index contributed by atoms with van der Waals surface area (Å²) < 4.78 is 60.6. The average molecular weight is 274 g/mol. The fourth-order valence-electron chi connectivity index (χ4n) is 0.905. The van der Waals surface area contributed by atoms with Crippen molar-refractivity contribution in [3.8, 4) is 0 Å². The number of rotatable bonds is 2. The largest absolute Gasteiger partial charge is 0.463 e. The number of carbonyl (C=O) groups is 1. The topological polar surface area (TPSA) is 29.1 Å². The van der Waals surface area contributed by atoms with Crippen LogP contribution in [0, 0.1) is 0 Å². The number of alkyl halides is 5. The Bertz CT molecular complexity index is 432. The third kappa shape index (κ3) is 3.06. The van der Waals surface area contributed by atoms with Gasteiger partial charge in [0.1, 0.15) is 0 Å². The smallest absolute Gasteiger partial charge is 0.320 e. The van der Waals surface area contributed by atoms with Gasteiger partial charge in [-0.05, 0) is 18.2 Å². The Labute approximate surface area is 97.4 Å². The molecule has 1 aromatic rings. The van der Waals surface area contributed by atoms with E-state index in [0.717, 1.165) is 12.1 Å². The maximum Gasteiger partial charge on any atom is 0.463 e. The van der Waals surface area contributed by atoms with Crippen molar-refractivity contribution < 1.29 is 26.7 Å². The SMILES string of the molecule is O=C(Nc1cccc(Cl)c1)C(F)(F)C(F)(F)F. The maximum absolute atomic E-state index is 12.5. The number of amides is 1. The molecule has 0 spiro atoms. The number of carbonyl (C=O) groups excluding carboxylic acids is 1. The molecule has 0 aliphatic carbocycles. The van der Waals surface area contributed by atoms with Crippen LogP contribution in [0.4, 0.5) is 27.6 Å². The molecule has 0 unspecified atom stereocenters. The highest BCUT2D eigenvalue weighted by molar-refractivity contribution is 6.30. The van der Waals surface area contributed by atoms with Gasteiger partial charge in [-0.25, -0.2) is 0 Å². The molecule has 0 heterocycles. The van der Waals surface area contributed by atoms with Crippen LogP contribution in [0.15, 0.2) is 24.3 Å². The summed E-state index contributed by atoms with van der Waals surface area (Å²) in [5.74, 6) is -7.90. The van der Waals surface area contributed by atoms with Gasteiger partial charge in [-0.2, -0.15) is 22.0 Å². The highest BCUT2D eigenvalue weighted by Gasteiger charge is 2.63. The molecule has 17 heavy (non-hydrogen) atoms. The zero-order valence-corrected chi connectivity index (χ0v) is 8.74. The van der Waals surface area contributed by atoms with E-state index in [0.29, 0.717) is 0 Å². The molecule has 8 heteroatoms. The van der Waals surface area contributed by atoms with Gasteiger partial charge in [-0.15, -0.1) is 0 Å². The van der Waals surface area contributed by atoms with E-state index >= 15 is 0 Å². The molecule has 2 nitrogen and oxygen atoms in total. The Morgan fingerprint density at radius 2 is 1.76 bits per heavy atom. The molecular formula is C9H5ClF5NO. The number of hydrogen-bond acceptors (Lipinski definition) is 1. The fraction of sp³-hybridized carbons (Fsp3) is 0.222. The van der Waals surface area contributed by atoms with Gasteiger partial charge in [0.2, 0.25) is 0 Å². The van der Waals surface area contributed by atoms with Gasteiger partial charge >= 0.3 is 18.0 Å². The number of benzene rings is 1. The summed E-state index contributed by atoms with van der Waals surface area (Å²) in [7, 11) is 0. The summed E-state index contributed by atoms with van der Waals surface area (Å²) in [6.45, 7) is 0. The summed E-state index contributed by atoms with van der Waals surface area (Å²) in [5.41, 5.74) is -0.244. The van der Waals surface area contributed by atoms with Crippen LogP contribution in [-0.4, -0.2) is 18.0 Å². The Morgan fingerprint density at radius 3 is 2.24 bits per heavy atom. The van der Waals surface area contributed by atoms with Gasteiger partial charge in [-0.3, -0.25) is 4.79 Å². The van der Waals surface area contributed by atoms with Crippen LogP contribution in [0.25, 0.3) is 0 Å². The van der Waals surface area contributed by atoms with Crippen molar-refractivity contribution in [3.05, 3.63) is 29.3 Å². The van der Waals surface area contributed by atoms with Gasteiger partial charge in [0.25, 0.3) is 0 Å². The van der Waals surface area contributed by atoms with E-state index in [9.17, 15) is 26.7 Å². The van der Waals surface area contributed by atoms with Crippen molar-refractivity contribution in [1.29, 1.82) is 0 Å². The number of nitrogens with one attached hydrogen (secondary N) is 1. The second-order valence-electron chi connectivity index (χ2n) is 3.04. The number of hydrogen-bond donors (Lipinski definition) is 1. The molecule has 0 atom stereocenters. The molecule has 1 rings (SSSR count). The van der Waals surface area contributed by atoms with Crippen molar-refractivity contribution in [1.82, 2.24) is 0 Å². The molecule has 0 aliphatic rings. The Kier molecular flexibility index (Phi) is 3.61. The van der Waals surface area contributed by atoms with Crippen LogP contribution in [0.3, 0.4) is 0 Å². The van der Waals surface area contributed by atoms with Gasteiger partial charge in [0, 0.05) is 10.7 Å². The van der Waals surface area contributed by atoms with Crippen LogP contribution in [0.1, 0.15) is 0 Å². The molecule has 1 amide bonds. The van der Waals surface area contributed by atoms with E-state index in [1.165, 1.54) is 17.4 Å². The fourth-order valence-corrected chi connectivity index (χ4v) is 1.09. The Morgan fingerprint density at radius 1 is 1.18 bits per heavy atom. The minimum absolute atomic E-state index is 0.0955. The first-order chi connectivity index (χ1) is 7.64. The summed E-state index contributed by atoms with van der Waals surface area (Å²) in [6, 6.07) is 4.85. The van der Waals surface area contributed by atoms with Crippen molar-refractivity contribution in [2.24, 2.45) is 0 Å². The number of anilines is 1. The highest BCUT2D eigenvalue weighted by atomic mass is 35.5. The molecule has 0 saturated carbocycles. The van der Waals surface area contributed by atoms with Gasteiger partial charge in [-0.1, -0.05) is 17.7 Å². The minimum Gasteiger partial charge on any atom is -0.320 e. The van der Waals surface area contributed by atoms with Crippen LogP contribution < -0.4 is 5.32 Å². The molecule has 0 aromatic heterocycles. The zero-order chi connectivity index (χ0) is 13.3. The lowest BCUT2D eigenvalue weighted by atomic mass is 10.2. The van der Waals surface area contributed by atoms with E-state index in [1.54, 1.807) is 0 Å². The minimum atomic E-state index is -5.93. The summed E-state index contributed by atoms with van der Waals surface area (Å²) >= 11 is 5.47. The van der Waals surface area contributed by atoms with Gasteiger partial charge in [0.15, 0.2) is 0 Å². The third-order valence-electron chi connectivity index (χ3n) is 1.72. The van der Waals surface area contributed by atoms with Crippen LogP contribution >= 0.6 is 11.6 Å². The second kappa shape index (κ2) is 4.48. The van der Waals surface area contributed by atoms with E-state index in [1.807, 2.05) is 0 Å². The second-order valence-corrected chi connectivity index (χ2v) is 3.47. The summed E-state index contributed by atoms with van der Waals surface area (Å²) in [5, 5.41) is 1.53.